The van der Waals surface area contributed by atoms with Crippen LogP contribution in [0.4, 0.5) is 0 Å². The Morgan fingerprint density at radius 3 is 2.81 bits per heavy atom. The maximum atomic E-state index is 13.2. The van der Waals surface area contributed by atoms with Gasteiger partial charge < -0.3 is 9.47 Å². The van der Waals surface area contributed by atoms with Gasteiger partial charge in [0.2, 0.25) is 0 Å². The smallest absolute Gasteiger partial charge is 0.262 e. The van der Waals surface area contributed by atoms with Crippen LogP contribution in [-0.4, -0.2) is 40.4 Å². The minimum absolute atomic E-state index is 0.0228. The standard InChI is InChI=1S/C23H23ClN2O4S/c1-2-29-17-8-5-15(6-9-17)21(27)14-31-23-25-20-12-16(24)7-10-19(20)22(28)26(23)13-18-4-3-11-30-18/h5-10,12,18H,2-4,11,13-14H2,1H3/t18-/m0/s1. The normalized spacial score (nSPS) is 16.0. The van der Waals surface area contributed by atoms with Crippen molar-refractivity contribution < 1.29 is 14.3 Å². The van der Waals surface area contributed by atoms with E-state index < -0.39 is 0 Å². The van der Waals surface area contributed by atoms with Crippen molar-refractivity contribution >= 4 is 40.0 Å². The molecular weight excluding hydrogens is 436 g/mol. The molecule has 2 aromatic carbocycles. The second-order valence-electron chi connectivity index (χ2n) is 7.28. The van der Waals surface area contributed by atoms with Crippen molar-refractivity contribution in [2.24, 2.45) is 0 Å². The maximum Gasteiger partial charge on any atom is 0.262 e. The lowest BCUT2D eigenvalue weighted by Gasteiger charge is -2.16. The fourth-order valence-corrected chi connectivity index (χ4v) is 4.62. The Bertz CT molecular complexity index is 1140. The highest BCUT2D eigenvalue weighted by Gasteiger charge is 2.21. The van der Waals surface area contributed by atoms with E-state index in [1.807, 2.05) is 6.92 Å². The number of rotatable bonds is 8. The summed E-state index contributed by atoms with van der Waals surface area (Å²) >= 11 is 7.36. The van der Waals surface area contributed by atoms with Crippen LogP contribution in [0.25, 0.3) is 10.9 Å². The first-order chi connectivity index (χ1) is 15.0. The van der Waals surface area contributed by atoms with E-state index in [0.29, 0.717) is 46.4 Å². The molecule has 6 nitrogen and oxygen atoms in total. The first-order valence-corrected chi connectivity index (χ1v) is 11.6. The van der Waals surface area contributed by atoms with Gasteiger partial charge in [-0.05, 0) is 62.2 Å². The molecule has 0 radical (unpaired) electrons. The van der Waals surface area contributed by atoms with Gasteiger partial charge in [0.05, 0.1) is 35.9 Å². The van der Waals surface area contributed by atoms with Crippen molar-refractivity contribution in [3.63, 3.8) is 0 Å². The first-order valence-electron chi connectivity index (χ1n) is 10.3. The van der Waals surface area contributed by atoms with Crippen LogP contribution in [0, 0.1) is 0 Å². The fourth-order valence-electron chi connectivity index (χ4n) is 3.55. The minimum Gasteiger partial charge on any atom is -0.494 e. The largest absolute Gasteiger partial charge is 0.494 e. The molecule has 0 N–H and O–H groups in total. The van der Waals surface area contributed by atoms with Gasteiger partial charge in [-0.2, -0.15) is 0 Å². The van der Waals surface area contributed by atoms with Crippen molar-refractivity contribution in [2.75, 3.05) is 19.0 Å². The van der Waals surface area contributed by atoms with E-state index in [1.165, 1.54) is 11.8 Å². The third-order valence-corrected chi connectivity index (χ3v) is 6.32. The topological polar surface area (TPSA) is 70.4 Å². The average molecular weight is 459 g/mol. The molecule has 8 heteroatoms. The highest BCUT2D eigenvalue weighted by Crippen LogP contribution is 2.24. The highest BCUT2D eigenvalue weighted by atomic mass is 35.5. The van der Waals surface area contributed by atoms with Crippen molar-refractivity contribution in [2.45, 2.75) is 37.6 Å². The molecule has 3 aromatic rings. The zero-order chi connectivity index (χ0) is 21.8. The maximum absolute atomic E-state index is 13.2. The van der Waals surface area contributed by atoms with Crippen molar-refractivity contribution in [1.29, 1.82) is 0 Å². The molecule has 0 saturated carbocycles. The van der Waals surface area contributed by atoms with E-state index in [9.17, 15) is 9.59 Å². The second-order valence-corrected chi connectivity index (χ2v) is 8.65. The summed E-state index contributed by atoms with van der Waals surface area (Å²) in [6.45, 7) is 3.61. The lowest BCUT2D eigenvalue weighted by molar-refractivity contribution is 0.0937. The van der Waals surface area contributed by atoms with E-state index in [0.717, 1.165) is 18.6 Å². The number of thioether (sulfide) groups is 1. The Morgan fingerprint density at radius 1 is 1.29 bits per heavy atom. The Kier molecular flexibility index (Phi) is 6.95. The van der Waals surface area contributed by atoms with Gasteiger partial charge in [0, 0.05) is 17.2 Å². The monoisotopic (exact) mass is 458 g/mol. The third-order valence-electron chi connectivity index (χ3n) is 5.11. The highest BCUT2D eigenvalue weighted by molar-refractivity contribution is 7.99. The molecule has 0 aliphatic carbocycles. The molecule has 1 saturated heterocycles. The van der Waals surface area contributed by atoms with Gasteiger partial charge in [-0.15, -0.1) is 0 Å². The summed E-state index contributed by atoms with van der Waals surface area (Å²) in [6.07, 6.45) is 1.86. The number of halogens is 1. The summed E-state index contributed by atoms with van der Waals surface area (Å²) in [5.74, 6) is 0.847. The second kappa shape index (κ2) is 9.85. The van der Waals surface area contributed by atoms with Crippen LogP contribution < -0.4 is 10.3 Å². The van der Waals surface area contributed by atoms with E-state index in [4.69, 9.17) is 21.1 Å². The van der Waals surface area contributed by atoms with E-state index >= 15 is 0 Å². The number of carbonyl (C=O) groups excluding carboxylic acids is 1. The van der Waals surface area contributed by atoms with Gasteiger partial charge in [0.25, 0.3) is 5.56 Å². The van der Waals surface area contributed by atoms with Crippen LogP contribution in [0.2, 0.25) is 5.02 Å². The molecule has 1 aliphatic rings. The predicted molar refractivity (Wildman–Crippen MR) is 123 cm³/mol. The Labute approximate surface area is 189 Å². The number of carbonyl (C=O) groups is 1. The molecule has 0 amide bonds. The Morgan fingerprint density at radius 2 is 2.10 bits per heavy atom. The van der Waals surface area contributed by atoms with Gasteiger partial charge >= 0.3 is 0 Å². The molecule has 1 aromatic heterocycles. The molecule has 1 aliphatic heterocycles. The SMILES string of the molecule is CCOc1ccc(C(=O)CSc2nc3cc(Cl)ccc3c(=O)n2C[C@@H]2CCCO2)cc1. The summed E-state index contributed by atoms with van der Waals surface area (Å²) in [5, 5.41) is 1.51. The lowest BCUT2D eigenvalue weighted by Crippen LogP contribution is -2.29. The Hall–Kier alpha value is -2.35. The summed E-state index contributed by atoms with van der Waals surface area (Å²) < 4.78 is 12.8. The summed E-state index contributed by atoms with van der Waals surface area (Å²) in [6, 6.07) is 12.1. The van der Waals surface area contributed by atoms with Crippen LogP contribution in [0.15, 0.2) is 52.4 Å². The molecule has 162 valence electrons. The quantitative estimate of drug-likeness (QED) is 0.279. The first kappa shape index (κ1) is 21.9. The predicted octanol–water partition coefficient (Wildman–Crippen LogP) is 4.60. The molecule has 1 fully saturated rings. The number of fused-ring (bicyclic) bond motifs is 1. The summed E-state index contributed by atoms with van der Waals surface area (Å²) in [5.41, 5.74) is 0.970. The molecule has 0 spiro atoms. The number of nitrogens with zero attached hydrogens (tertiary/aromatic N) is 2. The van der Waals surface area contributed by atoms with Gasteiger partial charge in [-0.25, -0.2) is 4.98 Å². The Balaban J connectivity index is 1.60. The average Bonchev–Trinajstić information content (AvgIpc) is 3.28. The number of ether oxygens (including phenoxy) is 2. The lowest BCUT2D eigenvalue weighted by atomic mass is 10.1. The number of ketones is 1. The molecule has 31 heavy (non-hydrogen) atoms. The zero-order valence-electron chi connectivity index (χ0n) is 17.2. The minimum atomic E-state index is -0.145. The van der Waals surface area contributed by atoms with Gasteiger partial charge in [0.15, 0.2) is 10.9 Å². The van der Waals surface area contributed by atoms with Gasteiger partial charge in [-0.3, -0.25) is 14.2 Å². The molecule has 0 unspecified atom stereocenters. The number of benzene rings is 2. The zero-order valence-corrected chi connectivity index (χ0v) is 18.7. The number of aromatic nitrogens is 2. The van der Waals surface area contributed by atoms with E-state index in [2.05, 4.69) is 4.98 Å². The third kappa shape index (κ3) is 5.11. The van der Waals surface area contributed by atoms with Crippen LogP contribution in [0.5, 0.6) is 5.75 Å². The van der Waals surface area contributed by atoms with Crippen LogP contribution in [0.3, 0.4) is 0 Å². The van der Waals surface area contributed by atoms with Crippen LogP contribution in [0.1, 0.15) is 30.1 Å². The molecule has 4 rings (SSSR count). The van der Waals surface area contributed by atoms with Crippen molar-refractivity contribution in [3.8, 4) is 5.75 Å². The van der Waals surface area contributed by atoms with Crippen molar-refractivity contribution in [3.05, 3.63) is 63.4 Å². The molecule has 1 atom stereocenters. The molecule has 2 heterocycles. The van der Waals surface area contributed by atoms with E-state index in [1.54, 1.807) is 47.0 Å². The summed E-state index contributed by atoms with van der Waals surface area (Å²) in [4.78, 5) is 30.6. The van der Waals surface area contributed by atoms with Crippen LogP contribution >= 0.6 is 23.4 Å². The fraction of sp³-hybridized carbons (Fsp3) is 0.348. The number of Topliss-reactive ketones (excluding diaryl/α,β-unsaturated/α-hetero) is 1. The molecule has 0 bridgehead atoms. The van der Waals surface area contributed by atoms with Gasteiger partial charge in [0.1, 0.15) is 5.75 Å². The van der Waals surface area contributed by atoms with Crippen LogP contribution in [-0.2, 0) is 11.3 Å². The van der Waals surface area contributed by atoms with Gasteiger partial charge in [-0.1, -0.05) is 23.4 Å². The number of hydrogen-bond acceptors (Lipinski definition) is 6. The summed E-state index contributed by atoms with van der Waals surface area (Å²) in [7, 11) is 0. The van der Waals surface area contributed by atoms with E-state index in [-0.39, 0.29) is 23.2 Å². The van der Waals surface area contributed by atoms with Crippen molar-refractivity contribution in [1.82, 2.24) is 9.55 Å². The molecular formula is C23H23ClN2O4S. The number of hydrogen-bond donors (Lipinski definition) is 0.